The second-order valence-electron chi connectivity index (χ2n) is 6.49. The molecule has 112 valence electrons. The van der Waals surface area contributed by atoms with Crippen LogP contribution in [0.3, 0.4) is 0 Å². The first-order chi connectivity index (χ1) is 8.90. The summed E-state index contributed by atoms with van der Waals surface area (Å²) >= 11 is 0. The summed E-state index contributed by atoms with van der Waals surface area (Å²) in [4.78, 5) is 11.6. The molecule has 1 aliphatic rings. The minimum Gasteiger partial charge on any atom is -0.444 e. The minimum absolute atomic E-state index is 0.323. The number of amides is 1. The van der Waals surface area contributed by atoms with Crippen LogP contribution in [-0.4, -0.2) is 30.3 Å². The maximum atomic E-state index is 11.6. The summed E-state index contributed by atoms with van der Waals surface area (Å²) in [6.07, 6.45) is 7.25. The summed E-state index contributed by atoms with van der Waals surface area (Å²) in [5, 5.41) is 6.51. The second-order valence-corrected chi connectivity index (χ2v) is 6.49. The fourth-order valence-electron chi connectivity index (χ4n) is 2.44. The average Bonchev–Trinajstić information content (AvgIpc) is 2.33. The first-order valence-electron chi connectivity index (χ1n) is 7.63. The summed E-state index contributed by atoms with van der Waals surface area (Å²) in [7, 11) is 0. The van der Waals surface area contributed by atoms with E-state index in [1.165, 1.54) is 32.1 Å². The molecule has 0 spiro atoms. The second kappa shape index (κ2) is 7.73. The van der Waals surface area contributed by atoms with Crippen molar-refractivity contribution in [3.63, 3.8) is 0 Å². The fourth-order valence-corrected chi connectivity index (χ4v) is 2.44. The molecule has 19 heavy (non-hydrogen) atoms. The van der Waals surface area contributed by atoms with Gasteiger partial charge >= 0.3 is 6.09 Å². The van der Waals surface area contributed by atoms with E-state index in [0.29, 0.717) is 18.6 Å². The van der Waals surface area contributed by atoms with E-state index in [2.05, 4.69) is 17.6 Å². The molecule has 0 radical (unpaired) electrons. The average molecular weight is 270 g/mol. The van der Waals surface area contributed by atoms with Crippen LogP contribution in [0.25, 0.3) is 0 Å². The van der Waals surface area contributed by atoms with E-state index in [0.717, 1.165) is 6.42 Å². The van der Waals surface area contributed by atoms with E-state index in [4.69, 9.17) is 4.74 Å². The highest BCUT2D eigenvalue weighted by Crippen LogP contribution is 2.18. The van der Waals surface area contributed by atoms with Gasteiger partial charge in [-0.3, -0.25) is 0 Å². The van der Waals surface area contributed by atoms with Gasteiger partial charge in [0.25, 0.3) is 0 Å². The zero-order valence-electron chi connectivity index (χ0n) is 12.9. The van der Waals surface area contributed by atoms with Crippen LogP contribution < -0.4 is 10.6 Å². The molecule has 0 saturated heterocycles. The Bertz CT molecular complexity index is 268. The van der Waals surface area contributed by atoms with Crippen LogP contribution in [0.2, 0.25) is 0 Å². The van der Waals surface area contributed by atoms with Crippen molar-refractivity contribution >= 4 is 6.09 Å². The molecule has 0 aromatic rings. The van der Waals surface area contributed by atoms with Gasteiger partial charge in [0, 0.05) is 18.6 Å². The van der Waals surface area contributed by atoms with E-state index in [9.17, 15) is 4.79 Å². The number of nitrogens with one attached hydrogen (secondary N) is 2. The maximum absolute atomic E-state index is 11.6. The smallest absolute Gasteiger partial charge is 0.407 e. The van der Waals surface area contributed by atoms with Gasteiger partial charge in [0.2, 0.25) is 0 Å². The zero-order valence-corrected chi connectivity index (χ0v) is 12.9. The quantitative estimate of drug-likeness (QED) is 0.806. The number of hydrogen-bond donors (Lipinski definition) is 2. The van der Waals surface area contributed by atoms with E-state index in [1.54, 1.807) is 0 Å². The van der Waals surface area contributed by atoms with Crippen LogP contribution in [0.4, 0.5) is 4.79 Å². The van der Waals surface area contributed by atoms with E-state index < -0.39 is 5.60 Å². The van der Waals surface area contributed by atoms with Crippen molar-refractivity contribution in [2.24, 2.45) is 0 Å². The number of carbonyl (C=O) groups excluding carboxylic acids is 1. The molecule has 1 rings (SSSR count). The summed E-state index contributed by atoms with van der Waals surface area (Å²) in [5.74, 6) is 0. The zero-order chi connectivity index (χ0) is 14.3. The molecule has 0 heterocycles. The van der Waals surface area contributed by atoms with Gasteiger partial charge in [0.1, 0.15) is 5.60 Å². The molecule has 1 unspecified atom stereocenters. The third-order valence-electron chi connectivity index (χ3n) is 3.46. The van der Waals surface area contributed by atoms with Crippen molar-refractivity contribution < 1.29 is 9.53 Å². The Balaban J connectivity index is 2.25. The van der Waals surface area contributed by atoms with Crippen LogP contribution in [0, 0.1) is 0 Å². The lowest BCUT2D eigenvalue weighted by Gasteiger charge is -2.28. The van der Waals surface area contributed by atoms with Gasteiger partial charge in [0.15, 0.2) is 0 Å². The predicted octanol–water partition coefficient (Wildman–Crippen LogP) is 3.21. The molecule has 2 N–H and O–H groups in total. The van der Waals surface area contributed by atoms with Gasteiger partial charge in [0.05, 0.1) is 0 Å². The highest BCUT2D eigenvalue weighted by Gasteiger charge is 2.19. The lowest BCUT2D eigenvalue weighted by Crippen LogP contribution is -2.46. The van der Waals surface area contributed by atoms with Gasteiger partial charge in [-0.15, -0.1) is 0 Å². The molecule has 4 heteroatoms. The van der Waals surface area contributed by atoms with Crippen molar-refractivity contribution in [1.29, 1.82) is 0 Å². The van der Waals surface area contributed by atoms with Crippen molar-refractivity contribution in [2.75, 3.05) is 6.54 Å². The monoisotopic (exact) mass is 270 g/mol. The Morgan fingerprint density at radius 3 is 2.42 bits per heavy atom. The van der Waals surface area contributed by atoms with Crippen LogP contribution in [0.1, 0.15) is 66.2 Å². The minimum atomic E-state index is -0.428. The first kappa shape index (κ1) is 16.3. The third kappa shape index (κ3) is 7.41. The highest BCUT2D eigenvalue weighted by molar-refractivity contribution is 5.67. The van der Waals surface area contributed by atoms with Crippen LogP contribution in [0.15, 0.2) is 0 Å². The Kier molecular flexibility index (Phi) is 6.63. The van der Waals surface area contributed by atoms with E-state index in [-0.39, 0.29) is 6.09 Å². The van der Waals surface area contributed by atoms with Gasteiger partial charge in [-0.25, -0.2) is 4.79 Å². The summed E-state index contributed by atoms with van der Waals surface area (Å²) in [6.45, 7) is 8.43. The number of carbonyl (C=O) groups is 1. The number of alkyl carbamates (subject to hydrolysis) is 1. The lowest BCUT2D eigenvalue weighted by molar-refractivity contribution is 0.0521. The molecule has 1 amide bonds. The normalized spacial score (nSPS) is 18.9. The van der Waals surface area contributed by atoms with Crippen molar-refractivity contribution in [1.82, 2.24) is 10.6 Å². The predicted molar refractivity (Wildman–Crippen MR) is 78.3 cm³/mol. The number of ether oxygens (including phenoxy) is 1. The van der Waals surface area contributed by atoms with Crippen LogP contribution in [-0.2, 0) is 4.74 Å². The third-order valence-corrected chi connectivity index (χ3v) is 3.46. The largest absolute Gasteiger partial charge is 0.444 e. The lowest BCUT2D eigenvalue weighted by atomic mass is 9.94. The molecule has 0 aliphatic heterocycles. The highest BCUT2D eigenvalue weighted by atomic mass is 16.6. The van der Waals surface area contributed by atoms with Crippen LogP contribution in [0.5, 0.6) is 0 Å². The van der Waals surface area contributed by atoms with Gasteiger partial charge in [-0.1, -0.05) is 26.2 Å². The molecule has 0 aromatic carbocycles. The Morgan fingerprint density at radius 2 is 1.89 bits per heavy atom. The van der Waals surface area contributed by atoms with Crippen LogP contribution >= 0.6 is 0 Å². The fraction of sp³-hybridized carbons (Fsp3) is 0.933. The molecular formula is C15H30N2O2. The standard InChI is InChI=1S/C15H30N2O2/c1-5-12(17-13-9-7-6-8-10-13)11-16-14(18)19-15(2,3)4/h12-13,17H,5-11H2,1-4H3,(H,16,18). The summed E-state index contributed by atoms with van der Waals surface area (Å²) in [5.41, 5.74) is -0.428. The summed E-state index contributed by atoms with van der Waals surface area (Å²) < 4.78 is 5.24. The molecule has 0 aromatic heterocycles. The molecule has 0 bridgehead atoms. The topological polar surface area (TPSA) is 50.4 Å². The van der Waals surface area contributed by atoms with Crippen molar-refractivity contribution in [2.45, 2.75) is 83.9 Å². The van der Waals surface area contributed by atoms with E-state index in [1.807, 2.05) is 20.8 Å². The molecular weight excluding hydrogens is 240 g/mol. The van der Waals surface area contributed by atoms with E-state index >= 15 is 0 Å². The van der Waals surface area contributed by atoms with Crippen molar-refractivity contribution in [3.8, 4) is 0 Å². The number of rotatable bonds is 5. The van der Waals surface area contributed by atoms with Crippen molar-refractivity contribution in [3.05, 3.63) is 0 Å². The first-order valence-corrected chi connectivity index (χ1v) is 7.63. The Labute approximate surface area is 117 Å². The molecule has 4 nitrogen and oxygen atoms in total. The van der Waals surface area contributed by atoms with Gasteiger partial charge < -0.3 is 15.4 Å². The van der Waals surface area contributed by atoms with Gasteiger partial charge in [-0.2, -0.15) is 0 Å². The molecule has 1 atom stereocenters. The van der Waals surface area contributed by atoms with Gasteiger partial charge in [-0.05, 0) is 40.0 Å². The molecule has 1 aliphatic carbocycles. The SMILES string of the molecule is CCC(CNC(=O)OC(C)(C)C)NC1CCCCC1. The Morgan fingerprint density at radius 1 is 1.26 bits per heavy atom. The molecule has 1 fully saturated rings. The maximum Gasteiger partial charge on any atom is 0.407 e. The summed E-state index contributed by atoms with van der Waals surface area (Å²) in [6, 6.07) is 0.967. The molecule has 1 saturated carbocycles. The number of hydrogen-bond acceptors (Lipinski definition) is 3. The Hall–Kier alpha value is -0.770.